The normalized spacial score (nSPS) is 8.48. The van der Waals surface area contributed by atoms with Crippen LogP contribution in [0.25, 0.3) is 5.65 Å². The molecule has 21 heavy (non-hydrogen) atoms. The molecule has 114 valence electrons. The summed E-state index contributed by atoms with van der Waals surface area (Å²) in [6.45, 7) is 11.8. The van der Waals surface area contributed by atoms with Gasteiger partial charge in [-0.25, -0.2) is 19.5 Å². The zero-order chi connectivity index (χ0) is 16.1. The van der Waals surface area contributed by atoms with E-state index >= 15 is 0 Å². The summed E-state index contributed by atoms with van der Waals surface area (Å²) in [5, 5.41) is 4.01. The molecular weight excluding hydrogens is 262 g/mol. The topological polar surface area (TPSA) is 56.0 Å². The molecule has 0 amide bonds. The number of fused-ring (bicyclic) bond motifs is 1. The van der Waals surface area contributed by atoms with Gasteiger partial charge in [-0.15, -0.1) is 0 Å². The van der Waals surface area contributed by atoms with E-state index in [0.717, 1.165) is 17.2 Å². The molecule has 5 nitrogen and oxygen atoms in total. The average molecular weight is 287 g/mol. The van der Waals surface area contributed by atoms with Crippen molar-refractivity contribution in [3.8, 4) is 0 Å². The molecule has 0 atom stereocenters. The van der Waals surface area contributed by atoms with Crippen molar-refractivity contribution >= 4 is 5.65 Å². The van der Waals surface area contributed by atoms with Crippen LogP contribution >= 0.6 is 0 Å². The molecule has 0 aliphatic heterocycles. The quantitative estimate of drug-likeness (QED) is 0.629. The summed E-state index contributed by atoms with van der Waals surface area (Å²) >= 11 is 0. The molecule has 0 N–H and O–H groups in total. The Morgan fingerprint density at radius 2 is 1.48 bits per heavy atom. The largest absolute Gasteiger partial charge is 0.242 e. The second-order valence-corrected chi connectivity index (χ2v) is 3.50. The lowest BCUT2D eigenvalue weighted by atomic mass is 10.4. The van der Waals surface area contributed by atoms with E-state index in [9.17, 15) is 0 Å². The molecule has 0 spiro atoms. The maximum Gasteiger partial charge on any atom is 0.155 e. The van der Waals surface area contributed by atoms with Crippen molar-refractivity contribution < 1.29 is 0 Å². The molecule has 0 fully saturated rings. The second-order valence-electron chi connectivity index (χ2n) is 3.50. The van der Waals surface area contributed by atoms with Gasteiger partial charge in [0.15, 0.2) is 5.65 Å². The maximum atomic E-state index is 4.24. The monoisotopic (exact) mass is 287 g/mol. The highest BCUT2D eigenvalue weighted by molar-refractivity contribution is 5.35. The van der Waals surface area contributed by atoms with Gasteiger partial charge in [-0.2, -0.15) is 5.10 Å². The van der Waals surface area contributed by atoms with E-state index in [1.165, 1.54) is 0 Å². The Kier molecular flexibility index (Phi) is 10.3. The van der Waals surface area contributed by atoms with E-state index in [4.69, 9.17) is 0 Å². The molecule has 3 aromatic heterocycles. The first kappa shape index (κ1) is 18.7. The Labute approximate surface area is 127 Å². The first-order valence-corrected chi connectivity index (χ1v) is 7.26. The van der Waals surface area contributed by atoms with E-state index in [0.29, 0.717) is 0 Å². The number of nitrogens with zero attached hydrogens (tertiary/aromatic N) is 5. The summed E-state index contributed by atoms with van der Waals surface area (Å²) < 4.78 is 1.74. The van der Waals surface area contributed by atoms with Gasteiger partial charge in [0.2, 0.25) is 0 Å². The Morgan fingerprint density at radius 3 is 2.00 bits per heavy atom. The summed E-state index contributed by atoms with van der Waals surface area (Å²) in [7, 11) is 0. The van der Waals surface area contributed by atoms with Gasteiger partial charge in [0.05, 0.1) is 6.20 Å². The van der Waals surface area contributed by atoms with Crippen molar-refractivity contribution in [1.29, 1.82) is 0 Å². The number of hydrogen-bond acceptors (Lipinski definition) is 4. The van der Waals surface area contributed by atoms with Crippen LogP contribution in [0.3, 0.4) is 0 Å². The molecule has 0 saturated heterocycles. The van der Waals surface area contributed by atoms with Gasteiger partial charge in [0.25, 0.3) is 0 Å². The van der Waals surface area contributed by atoms with Crippen molar-refractivity contribution in [2.75, 3.05) is 0 Å². The summed E-state index contributed by atoms with van der Waals surface area (Å²) in [5.74, 6) is 0.822. The average Bonchev–Trinajstić information content (AvgIpc) is 3.00. The van der Waals surface area contributed by atoms with Crippen LogP contribution in [0.4, 0.5) is 0 Å². The molecule has 0 bridgehead atoms. The van der Waals surface area contributed by atoms with Crippen LogP contribution in [-0.2, 0) is 0 Å². The summed E-state index contributed by atoms with van der Waals surface area (Å²) in [6, 6.07) is 5.61. The lowest BCUT2D eigenvalue weighted by Gasteiger charge is -1.91. The zero-order valence-electron chi connectivity index (χ0n) is 13.8. The van der Waals surface area contributed by atoms with Gasteiger partial charge in [0.1, 0.15) is 5.82 Å². The third-order valence-electron chi connectivity index (χ3n) is 2.09. The predicted molar refractivity (Wildman–Crippen MR) is 87.2 cm³/mol. The Balaban J connectivity index is 0.000000321. The molecule has 0 aromatic carbocycles. The van der Waals surface area contributed by atoms with Gasteiger partial charge in [0, 0.05) is 30.4 Å². The lowest BCUT2D eigenvalue weighted by Crippen LogP contribution is -1.89. The molecule has 0 aliphatic carbocycles. The van der Waals surface area contributed by atoms with Crippen molar-refractivity contribution in [3.63, 3.8) is 0 Å². The Bertz CT molecular complexity index is 590. The molecule has 0 unspecified atom stereocenters. The fourth-order valence-electron chi connectivity index (χ4n) is 1.28. The Hall–Kier alpha value is -2.30. The van der Waals surface area contributed by atoms with Crippen LogP contribution in [0.1, 0.15) is 39.2 Å². The van der Waals surface area contributed by atoms with Crippen molar-refractivity contribution in [2.24, 2.45) is 0 Å². The van der Waals surface area contributed by atoms with Gasteiger partial charge in [-0.1, -0.05) is 27.7 Å². The van der Waals surface area contributed by atoms with Crippen LogP contribution in [0.15, 0.2) is 43.0 Å². The minimum atomic E-state index is 0.822. The van der Waals surface area contributed by atoms with Gasteiger partial charge in [-0.05, 0) is 26.0 Å². The third kappa shape index (κ3) is 7.15. The van der Waals surface area contributed by atoms with E-state index < -0.39 is 0 Å². The number of aryl methyl sites for hydroxylation is 2. The highest BCUT2D eigenvalue weighted by Gasteiger charge is 1.91. The molecule has 0 saturated carbocycles. The van der Waals surface area contributed by atoms with Gasteiger partial charge in [-0.3, -0.25) is 0 Å². The smallest absolute Gasteiger partial charge is 0.155 e. The fraction of sp³-hybridized carbons (Fsp3) is 0.375. The van der Waals surface area contributed by atoms with E-state index in [1.807, 2.05) is 59.9 Å². The standard InChI is InChI=1S/C7H7N3.C5H6N2.2C2H6/c1-6-3-5-10-7(9-6)2-4-8-10;1-5-6-3-2-4-7-5;2*1-2/h2-5H,1H3;2-4H,1H3;2*1-2H3. The minimum Gasteiger partial charge on any atom is -0.242 e. The minimum absolute atomic E-state index is 0.822. The van der Waals surface area contributed by atoms with Gasteiger partial charge < -0.3 is 0 Å². The first-order valence-electron chi connectivity index (χ1n) is 7.26. The van der Waals surface area contributed by atoms with Crippen molar-refractivity contribution in [3.05, 3.63) is 54.5 Å². The predicted octanol–water partition coefficient (Wildman–Crippen LogP) is 3.88. The molecule has 5 heteroatoms. The van der Waals surface area contributed by atoms with E-state index in [-0.39, 0.29) is 0 Å². The Morgan fingerprint density at radius 1 is 0.857 bits per heavy atom. The summed E-state index contributed by atoms with van der Waals surface area (Å²) in [4.78, 5) is 12.0. The van der Waals surface area contributed by atoms with Crippen LogP contribution in [0.5, 0.6) is 0 Å². The van der Waals surface area contributed by atoms with E-state index in [2.05, 4.69) is 20.1 Å². The first-order chi connectivity index (χ1) is 10.3. The number of hydrogen-bond donors (Lipinski definition) is 0. The lowest BCUT2D eigenvalue weighted by molar-refractivity contribution is 0.929. The van der Waals surface area contributed by atoms with Crippen molar-refractivity contribution in [1.82, 2.24) is 24.6 Å². The summed E-state index contributed by atoms with van der Waals surface area (Å²) in [5.41, 5.74) is 1.92. The number of aromatic nitrogens is 5. The molecule has 3 heterocycles. The van der Waals surface area contributed by atoms with Crippen LogP contribution in [0.2, 0.25) is 0 Å². The molecular formula is C16H25N5. The SMILES string of the molecule is CC.CC.Cc1ccn2nccc2n1.Cc1ncccn1. The highest BCUT2D eigenvalue weighted by Crippen LogP contribution is 1.98. The van der Waals surface area contributed by atoms with Crippen LogP contribution < -0.4 is 0 Å². The number of rotatable bonds is 0. The maximum absolute atomic E-state index is 4.24. The molecule has 0 radical (unpaired) electrons. The van der Waals surface area contributed by atoms with Gasteiger partial charge >= 0.3 is 0 Å². The molecule has 3 aromatic rings. The van der Waals surface area contributed by atoms with Crippen molar-refractivity contribution in [2.45, 2.75) is 41.5 Å². The molecule has 0 aliphatic rings. The summed E-state index contributed by atoms with van der Waals surface area (Å²) in [6.07, 6.45) is 7.09. The molecule has 3 rings (SSSR count). The van der Waals surface area contributed by atoms with E-state index in [1.54, 1.807) is 29.2 Å². The van der Waals surface area contributed by atoms with Crippen LogP contribution in [-0.4, -0.2) is 24.6 Å². The third-order valence-corrected chi connectivity index (χ3v) is 2.09. The fourth-order valence-corrected chi connectivity index (χ4v) is 1.28. The van der Waals surface area contributed by atoms with Crippen LogP contribution in [0, 0.1) is 13.8 Å². The second kappa shape index (κ2) is 11.5. The zero-order valence-corrected chi connectivity index (χ0v) is 13.8. The highest BCUT2D eigenvalue weighted by atomic mass is 15.2.